The van der Waals surface area contributed by atoms with Gasteiger partial charge in [0.05, 0.1) is 6.61 Å². The first-order chi connectivity index (χ1) is 5.24. The molecular weight excluding hydrogens is 139 g/mol. The van der Waals surface area contributed by atoms with E-state index in [0.717, 1.165) is 0 Å². The summed E-state index contributed by atoms with van der Waals surface area (Å²) in [7, 11) is -0.649. The molecule has 0 bridgehead atoms. The van der Waals surface area contributed by atoms with E-state index in [9.17, 15) is 0 Å². The summed E-state index contributed by atoms with van der Waals surface area (Å²) in [5, 5.41) is 9.02. The monoisotopic (exact) mass is 154 g/mol. The third-order valence-electron chi connectivity index (χ3n) is 2.13. The molecule has 0 saturated heterocycles. The third kappa shape index (κ3) is 2.35. The van der Waals surface area contributed by atoms with Crippen molar-refractivity contribution >= 4 is 7.12 Å². The molecule has 1 unspecified atom stereocenters. The van der Waals surface area contributed by atoms with Gasteiger partial charge >= 0.3 is 7.12 Å². The predicted octanol–water partition coefficient (Wildman–Crippen LogP) is 1.40. The van der Waals surface area contributed by atoms with E-state index >= 15 is 0 Å². The molecule has 3 heteroatoms. The van der Waals surface area contributed by atoms with Crippen molar-refractivity contribution < 1.29 is 9.68 Å². The highest BCUT2D eigenvalue weighted by atomic mass is 16.5. The zero-order chi connectivity index (χ0) is 8.27. The molecule has 0 aliphatic carbocycles. The van der Waals surface area contributed by atoms with Gasteiger partial charge in [0.25, 0.3) is 0 Å². The van der Waals surface area contributed by atoms with E-state index in [-0.39, 0.29) is 0 Å². The molecule has 1 rings (SSSR count). The van der Waals surface area contributed by atoms with Gasteiger partial charge in [0.2, 0.25) is 0 Å². The van der Waals surface area contributed by atoms with Crippen LogP contribution in [0.25, 0.3) is 0 Å². The maximum absolute atomic E-state index is 9.02. The Balaban J connectivity index is 2.41. The van der Waals surface area contributed by atoms with E-state index in [1.807, 2.05) is 5.98 Å². The molecule has 0 fully saturated rings. The van der Waals surface area contributed by atoms with Gasteiger partial charge in [0.1, 0.15) is 0 Å². The zero-order valence-electron chi connectivity index (χ0n) is 7.21. The van der Waals surface area contributed by atoms with E-state index in [1.54, 1.807) is 0 Å². The highest BCUT2D eigenvalue weighted by Crippen LogP contribution is 2.20. The normalized spacial score (nSPS) is 20.3. The Kier molecular flexibility index (Phi) is 3.15. The molecule has 0 aromatic rings. The molecule has 0 spiro atoms. The second-order valence-electron chi connectivity index (χ2n) is 3.13. The molecule has 1 N–H and O–H groups in total. The summed E-state index contributed by atoms with van der Waals surface area (Å²) in [6.45, 7) is 4.96. The molecule has 0 saturated carbocycles. The molecule has 1 aliphatic rings. The Morgan fingerprint density at radius 1 is 1.82 bits per heavy atom. The molecule has 1 heterocycles. The zero-order valence-corrected chi connectivity index (χ0v) is 7.21. The SMILES string of the molecule is CCCC(C)C1=CB(O)OC1. The van der Waals surface area contributed by atoms with Crippen LogP contribution >= 0.6 is 0 Å². The van der Waals surface area contributed by atoms with Crippen molar-refractivity contribution in [3.05, 3.63) is 11.5 Å². The fourth-order valence-electron chi connectivity index (χ4n) is 1.39. The van der Waals surface area contributed by atoms with Crippen molar-refractivity contribution in [2.75, 3.05) is 6.61 Å². The summed E-state index contributed by atoms with van der Waals surface area (Å²) < 4.78 is 5.00. The highest BCUT2D eigenvalue weighted by molar-refractivity contribution is 6.50. The molecule has 0 radical (unpaired) electrons. The van der Waals surface area contributed by atoms with Gasteiger partial charge in [-0.15, -0.1) is 0 Å². The number of rotatable bonds is 3. The van der Waals surface area contributed by atoms with Crippen LogP contribution in [0.4, 0.5) is 0 Å². The van der Waals surface area contributed by atoms with E-state index in [4.69, 9.17) is 9.68 Å². The second kappa shape index (κ2) is 3.93. The summed E-state index contributed by atoms with van der Waals surface area (Å²) >= 11 is 0. The Morgan fingerprint density at radius 3 is 3.00 bits per heavy atom. The molecule has 1 atom stereocenters. The van der Waals surface area contributed by atoms with Gasteiger partial charge in [0.15, 0.2) is 0 Å². The van der Waals surface area contributed by atoms with Gasteiger partial charge in [-0.05, 0) is 12.3 Å². The summed E-state index contributed by atoms with van der Waals surface area (Å²) in [5.74, 6) is 2.39. The van der Waals surface area contributed by atoms with Crippen LogP contribution in [0.15, 0.2) is 11.5 Å². The van der Waals surface area contributed by atoms with Gasteiger partial charge in [-0.2, -0.15) is 0 Å². The van der Waals surface area contributed by atoms with Crippen molar-refractivity contribution in [2.24, 2.45) is 5.92 Å². The first-order valence-corrected chi connectivity index (χ1v) is 4.24. The average Bonchev–Trinajstić information content (AvgIpc) is 2.36. The van der Waals surface area contributed by atoms with Crippen molar-refractivity contribution in [3.8, 4) is 0 Å². The van der Waals surface area contributed by atoms with Gasteiger partial charge in [-0.3, -0.25) is 0 Å². The van der Waals surface area contributed by atoms with Crippen molar-refractivity contribution in [2.45, 2.75) is 26.7 Å². The molecule has 0 aromatic carbocycles. The van der Waals surface area contributed by atoms with Gasteiger partial charge in [0, 0.05) is 0 Å². The van der Waals surface area contributed by atoms with Crippen LogP contribution in [0, 0.1) is 5.92 Å². The van der Waals surface area contributed by atoms with Crippen LogP contribution < -0.4 is 0 Å². The Hall–Kier alpha value is -0.275. The highest BCUT2D eigenvalue weighted by Gasteiger charge is 2.21. The quantitative estimate of drug-likeness (QED) is 0.622. The maximum Gasteiger partial charge on any atom is 0.483 e. The minimum atomic E-state index is -0.649. The van der Waals surface area contributed by atoms with Crippen LogP contribution in [0.3, 0.4) is 0 Å². The van der Waals surface area contributed by atoms with Crippen molar-refractivity contribution in [3.63, 3.8) is 0 Å². The lowest BCUT2D eigenvalue weighted by atomic mass is 9.87. The van der Waals surface area contributed by atoms with Crippen LogP contribution in [0.2, 0.25) is 0 Å². The Bertz CT molecular complexity index is 156. The number of hydrogen-bond acceptors (Lipinski definition) is 2. The number of hydrogen-bond donors (Lipinski definition) is 1. The van der Waals surface area contributed by atoms with Crippen LogP contribution in [0.1, 0.15) is 26.7 Å². The van der Waals surface area contributed by atoms with E-state index in [1.165, 1.54) is 18.4 Å². The molecule has 11 heavy (non-hydrogen) atoms. The summed E-state index contributed by atoms with van der Waals surface area (Å²) in [4.78, 5) is 0. The van der Waals surface area contributed by atoms with E-state index in [2.05, 4.69) is 13.8 Å². The minimum absolute atomic E-state index is 0.567. The largest absolute Gasteiger partial charge is 0.483 e. The molecule has 2 nitrogen and oxygen atoms in total. The van der Waals surface area contributed by atoms with Crippen molar-refractivity contribution in [1.82, 2.24) is 0 Å². The van der Waals surface area contributed by atoms with Crippen LogP contribution in [-0.4, -0.2) is 18.7 Å². The summed E-state index contributed by atoms with van der Waals surface area (Å²) in [6, 6.07) is 0. The van der Waals surface area contributed by atoms with E-state index < -0.39 is 7.12 Å². The lowest BCUT2D eigenvalue weighted by molar-refractivity contribution is 0.301. The van der Waals surface area contributed by atoms with Crippen LogP contribution in [0.5, 0.6) is 0 Å². The van der Waals surface area contributed by atoms with Crippen LogP contribution in [-0.2, 0) is 4.65 Å². The van der Waals surface area contributed by atoms with Gasteiger partial charge in [-0.1, -0.05) is 31.8 Å². The van der Waals surface area contributed by atoms with Gasteiger partial charge in [-0.25, -0.2) is 0 Å². The van der Waals surface area contributed by atoms with Gasteiger partial charge < -0.3 is 9.68 Å². The predicted molar refractivity (Wildman–Crippen MR) is 46.1 cm³/mol. The molecule has 0 amide bonds. The smallest absolute Gasteiger partial charge is 0.423 e. The first kappa shape index (κ1) is 8.82. The Morgan fingerprint density at radius 2 is 2.55 bits per heavy atom. The molecular formula is C8H15BO2. The van der Waals surface area contributed by atoms with Crippen molar-refractivity contribution in [1.29, 1.82) is 0 Å². The average molecular weight is 154 g/mol. The lowest BCUT2D eigenvalue weighted by Crippen LogP contribution is -2.07. The second-order valence-corrected chi connectivity index (χ2v) is 3.13. The summed E-state index contributed by atoms with van der Waals surface area (Å²) in [6.07, 6.45) is 2.37. The third-order valence-corrected chi connectivity index (χ3v) is 2.13. The minimum Gasteiger partial charge on any atom is -0.423 e. The fourth-order valence-corrected chi connectivity index (χ4v) is 1.39. The topological polar surface area (TPSA) is 29.5 Å². The standard InChI is InChI=1S/C8H15BO2/c1-3-4-7(2)8-5-9(10)11-6-8/h5,7,10H,3-4,6H2,1-2H3. The fraction of sp³-hybridized carbons (Fsp3) is 0.750. The Labute approximate surface area is 68.4 Å². The summed E-state index contributed by atoms with van der Waals surface area (Å²) in [5.41, 5.74) is 1.25. The molecule has 1 aliphatic heterocycles. The first-order valence-electron chi connectivity index (χ1n) is 4.24. The lowest BCUT2D eigenvalue weighted by Gasteiger charge is -2.09. The molecule has 62 valence electrons. The van der Waals surface area contributed by atoms with E-state index in [0.29, 0.717) is 12.5 Å². The molecule has 0 aromatic heterocycles. The maximum atomic E-state index is 9.02.